The summed E-state index contributed by atoms with van der Waals surface area (Å²) in [4.78, 5) is 35.4. The second-order valence-corrected chi connectivity index (χ2v) is 14.7. The molecule has 2 aliphatic heterocycles. The molecule has 11 nitrogen and oxygen atoms in total. The summed E-state index contributed by atoms with van der Waals surface area (Å²) in [6, 6.07) is -0.726. The van der Waals surface area contributed by atoms with Crippen LogP contribution in [0.3, 0.4) is 0 Å². The minimum atomic E-state index is -3.73. The lowest BCUT2D eigenvalue weighted by Gasteiger charge is -2.35. The molecule has 2 saturated heterocycles. The van der Waals surface area contributed by atoms with E-state index in [2.05, 4.69) is 15.3 Å². The van der Waals surface area contributed by atoms with Crippen LogP contribution in [-0.2, 0) is 28.7 Å². The van der Waals surface area contributed by atoms with Crippen LogP contribution in [0.2, 0.25) is 0 Å². The lowest BCUT2D eigenvalue weighted by Crippen LogP contribution is -2.53. The van der Waals surface area contributed by atoms with Crippen molar-refractivity contribution in [2.24, 2.45) is 11.8 Å². The van der Waals surface area contributed by atoms with Gasteiger partial charge in [0.15, 0.2) is 0 Å². The van der Waals surface area contributed by atoms with Gasteiger partial charge in [0.1, 0.15) is 11.6 Å². The van der Waals surface area contributed by atoms with Crippen LogP contribution < -0.4 is 10.8 Å². The highest BCUT2D eigenvalue weighted by molar-refractivity contribution is 7.91. The molecule has 0 spiro atoms. The molecule has 2 amide bonds. The maximum absolute atomic E-state index is 13.2. The normalized spacial score (nSPS) is 20.7. The van der Waals surface area contributed by atoms with Crippen molar-refractivity contribution in [3.63, 3.8) is 0 Å². The standard InChI is InChI=1S/C26H43BN4O7S/c1-17(2)20(30-23(33)36-24(3,4)5)21(32)31-12-10-18(11-13-31)16-39(34,35)22-28-14-19(15-29-22)27-37-25(6,7)26(8,9)38-27/h14-15,17-18,20H,10-13,16H2,1-9H3,(H,30,33)/t20-/m1/s1. The van der Waals surface area contributed by atoms with E-state index in [1.807, 2.05) is 41.5 Å². The van der Waals surface area contributed by atoms with E-state index in [-0.39, 0.29) is 28.7 Å². The van der Waals surface area contributed by atoms with Crippen LogP contribution in [0.5, 0.6) is 0 Å². The first-order chi connectivity index (χ1) is 17.8. The van der Waals surface area contributed by atoms with Crippen LogP contribution >= 0.6 is 0 Å². The third-order valence-corrected chi connectivity index (χ3v) is 9.12. The number of alkyl carbamates (subject to hydrolysis) is 1. The number of ether oxygens (including phenoxy) is 1. The minimum absolute atomic E-state index is 0.103. The summed E-state index contributed by atoms with van der Waals surface area (Å²) in [6.07, 6.45) is 3.28. The molecule has 0 unspecified atom stereocenters. The quantitative estimate of drug-likeness (QED) is 0.389. The second-order valence-electron chi connectivity index (χ2n) is 12.8. The molecule has 0 aromatic carbocycles. The number of likely N-dealkylation sites (tertiary alicyclic amines) is 1. The van der Waals surface area contributed by atoms with Gasteiger partial charge in [-0.3, -0.25) is 4.79 Å². The number of carbonyl (C=O) groups is 2. The first kappa shape index (κ1) is 31.3. The Hall–Kier alpha value is -2.25. The summed E-state index contributed by atoms with van der Waals surface area (Å²) >= 11 is 0. The van der Waals surface area contributed by atoms with Crippen LogP contribution in [0.1, 0.15) is 75.2 Å². The molecular weight excluding hydrogens is 523 g/mol. The molecule has 1 aromatic rings. The van der Waals surface area contributed by atoms with Crippen LogP contribution in [0.4, 0.5) is 4.79 Å². The molecule has 39 heavy (non-hydrogen) atoms. The zero-order valence-electron chi connectivity index (χ0n) is 24.6. The fraction of sp³-hybridized carbons (Fsp3) is 0.769. The number of nitrogens with one attached hydrogen (secondary N) is 1. The van der Waals surface area contributed by atoms with Crippen LogP contribution in [0.25, 0.3) is 0 Å². The number of hydrogen-bond acceptors (Lipinski definition) is 9. The van der Waals surface area contributed by atoms with Gasteiger partial charge in [-0.2, -0.15) is 0 Å². The van der Waals surface area contributed by atoms with Crippen LogP contribution in [-0.4, -0.2) is 84.1 Å². The first-order valence-electron chi connectivity index (χ1n) is 13.5. The average Bonchev–Trinajstić information content (AvgIpc) is 3.03. The van der Waals surface area contributed by atoms with Crippen molar-refractivity contribution in [1.29, 1.82) is 0 Å². The van der Waals surface area contributed by atoms with Gasteiger partial charge in [-0.1, -0.05) is 13.8 Å². The molecule has 2 aliphatic rings. The Bertz CT molecular complexity index is 1130. The number of amides is 2. The third-order valence-electron chi connectivity index (χ3n) is 7.44. The van der Waals surface area contributed by atoms with E-state index in [4.69, 9.17) is 14.0 Å². The van der Waals surface area contributed by atoms with E-state index in [9.17, 15) is 18.0 Å². The number of aromatic nitrogens is 2. The summed E-state index contributed by atoms with van der Waals surface area (Å²) in [7, 11) is -4.40. The summed E-state index contributed by atoms with van der Waals surface area (Å²) in [5.74, 6) is -0.574. The van der Waals surface area contributed by atoms with Gasteiger partial charge in [-0.15, -0.1) is 0 Å². The molecule has 0 saturated carbocycles. The topological polar surface area (TPSA) is 137 Å². The first-order valence-corrected chi connectivity index (χ1v) is 15.2. The van der Waals surface area contributed by atoms with E-state index in [1.165, 1.54) is 12.4 Å². The molecule has 3 rings (SSSR count). The van der Waals surface area contributed by atoms with Crippen molar-refractivity contribution >= 4 is 34.4 Å². The van der Waals surface area contributed by atoms with E-state index in [0.29, 0.717) is 31.4 Å². The van der Waals surface area contributed by atoms with Crippen molar-refractivity contribution in [1.82, 2.24) is 20.2 Å². The molecule has 0 bridgehead atoms. The predicted molar refractivity (Wildman–Crippen MR) is 147 cm³/mol. The molecule has 1 N–H and O–H groups in total. The van der Waals surface area contributed by atoms with E-state index < -0.39 is 45.9 Å². The Balaban J connectivity index is 1.57. The number of hydrogen-bond donors (Lipinski definition) is 1. The Morgan fingerprint density at radius 1 is 1.10 bits per heavy atom. The lowest BCUT2D eigenvalue weighted by atomic mass is 9.81. The van der Waals surface area contributed by atoms with E-state index in [1.54, 1.807) is 25.7 Å². The Labute approximate surface area is 232 Å². The highest BCUT2D eigenvalue weighted by Gasteiger charge is 2.52. The number of sulfone groups is 1. The lowest BCUT2D eigenvalue weighted by molar-refractivity contribution is -0.135. The second kappa shape index (κ2) is 11.3. The van der Waals surface area contributed by atoms with Gasteiger partial charge in [0.2, 0.25) is 20.9 Å². The molecule has 13 heteroatoms. The number of rotatable bonds is 7. The van der Waals surface area contributed by atoms with Crippen molar-refractivity contribution in [3.8, 4) is 0 Å². The molecule has 0 aliphatic carbocycles. The SMILES string of the molecule is CC(C)[C@@H](NC(=O)OC(C)(C)C)C(=O)N1CCC(CS(=O)(=O)c2ncc(B3OC(C)(C)C(C)(C)O3)cn2)CC1. The van der Waals surface area contributed by atoms with Crippen molar-refractivity contribution in [2.45, 2.75) is 103 Å². The van der Waals surface area contributed by atoms with Crippen LogP contribution in [0, 0.1) is 11.8 Å². The number of nitrogens with zero attached hydrogens (tertiary/aromatic N) is 3. The fourth-order valence-corrected chi connectivity index (χ4v) is 5.97. The van der Waals surface area contributed by atoms with Crippen molar-refractivity contribution < 1.29 is 32.1 Å². The molecular formula is C26H43BN4O7S. The molecule has 2 fully saturated rings. The minimum Gasteiger partial charge on any atom is -0.444 e. The molecule has 218 valence electrons. The van der Waals surface area contributed by atoms with Gasteiger partial charge in [0, 0.05) is 30.9 Å². The van der Waals surface area contributed by atoms with Crippen molar-refractivity contribution in [3.05, 3.63) is 12.4 Å². The summed E-state index contributed by atoms with van der Waals surface area (Å²) in [6.45, 7) is 17.6. The fourth-order valence-electron chi connectivity index (χ4n) is 4.44. The van der Waals surface area contributed by atoms with Crippen LogP contribution in [0.15, 0.2) is 17.6 Å². The molecule has 1 atom stereocenters. The smallest absolute Gasteiger partial charge is 0.444 e. The average molecular weight is 567 g/mol. The Kier molecular flexibility index (Phi) is 9.08. The van der Waals surface area contributed by atoms with Gasteiger partial charge in [0.05, 0.1) is 17.0 Å². The highest BCUT2D eigenvalue weighted by Crippen LogP contribution is 2.36. The molecule has 0 radical (unpaired) electrons. The third kappa shape index (κ3) is 7.70. The summed E-state index contributed by atoms with van der Waals surface area (Å²) in [5.41, 5.74) is -1.17. The van der Waals surface area contributed by atoms with Gasteiger partial charge in [-0.25, -0.2) is 23.2 Å². The monoisotopic (exact) mass is 566 g/mol. The zero-order valence-corrected chi connectivity index (χ0v) is 25.4. The van der Waals surface area contributed by atoms with Gasteiger partial charge >= 0.3 is 13.2 Å². The maximum Gasteiger partial charge on any atom is 0.498 e. The van der Waals surface area contributed by atoms with E-state index in [0.717, 1.165) is 0 Å². The zero-order chi connectivity index (χ0) is 29.4. The van der Waals surface area contributed by atoms with E-state index >= 15 is 0 Å². The predicted octanol–water partition coefficient (Wildman–Crippen LogP) is 2.34. The van der Waals surface area contributed by atoms with Gasteiger partial charge in [-0.05, 0) is 73.1 Å². The van der Waals surface area contributed by atoms with Gasteiger partial charge < -0.3 is 24.3 Å². The maximum atomic E-state index is 13.2. The summed E-state index contributed by atoms with van der Waals surface area (Å²) < 4.78 is 43.4. The molecule has 1 aromatic heterocycles. The largest absolute Gasteiger partial charge is 0.498 e. The highest BCUT2D eigenvalue weighted by atomic mass is 32.2. The van der Waals surface area contributed by atoms with Gasteiger partial charge in [0.25, 0.3) is 0 Å². The number of carbonyl (C=O) groups excluding carboxylic acids is 2. The molecule has 3 heterocycles. The van der Waals surface area contributed by atoms with Crippen molar-refractivity contribution in [2.75, 3.05) is 18.8 Å². The number of piperidine rings is 1. The Morgan fingerprint density at radius 3 is 2.08 bits per heavy atom. The Morgan fingerprint density at radius 2 is 1.62 bits per heavy atom. The summed E-state index contributed by atoms with van der Waals surface area (Å²) in [5, 5.41) is 2.46.